The van der Waals surface area contributed by atoms with E-state index >= 15 is 0 Å². The fourth-order valence-electron chi connectivity index (χ4n) is 2.75. The number of anilines is 1. The first-order valence-corrected chi connectivity index (χ1v) is 8.88. The molecular weight excluding hydrogens is 328 g/mol. The highest BCUT2D eigenvalue weighted by Gasteiger charge is 2.19. The van der Waals surface area contributed by atoms with E-state index in [1.807, 2.05) is 54.6 Å². The molecule has 5 nitrogen and oxygen atoms in total. The van der Waals surface area contributed by atoms with Gasteiger partial charge in [-0.25, -0.2) is 4.79 Å². The Morgan fingerprint density at radius 3 is 2.31 bits per heavy atom. The number of carbonyl (C=O) groups excluding carboxylic acids is 2. The number of benzene rings is 2. The molecule has 0 aliphatic heterocycles. The van der Waals surface area contributed by atoms with Crippen molar-refractivity contribution in [1.29, 1.82) is 0 Å². The van der Waals surface area contributed by atoms with Crippen LogP contribution in [-0.2, 0) is 9.53 Å². The van der Waals surface area contributed by atoms with Crippen LogP contribution in [0.3, 0.4) is 0 Å². The van der Waals surface area contributed by atoms with Gasteiger partial charge in [0.2, 0.25) is 5.91 Å². The summed E-state index contributed by atoms with van der Waals surface area (Å²) >= 11 is 0. The Bertz CT molecular complexity index is 729. The van der Waals surface area contributed by atoms with Gasteiger partial charge in [0.15, 0.2) is 0 Å². The van der Waals surface area contributed by atoms with E-state index in [4.69, 9.17) is 4.74 Å². The number of hydrogen-bond acceptors (Lipinski definition) is 3. The van der Waals surface area contributed by atoms with Crippen molar-refractivity contribution in [3.8, 4) is 0 Å². The zero-order chi connectivity index (χ0) is 18.9. The van der Waals surface area contributed by atoms with Crippen LogP contribution in [0.5, 0.6) is 0 Å². The Morgan fingerprint density at radius 2 is 1.65 bits per heavy atom. The van der Waals surface area contributed by atoms with Crippen LogP contribution in [0, 0.1) is 0 Å². The maximum Gasteiger partial charge on any atom is 0.407 e. The van der Waals surface area contributed by atoms with E-state index in [0.717, 1.165) is 16.8 Å². The van der Waals surface area contributed by atoms with Crippen molar-refractivity contribution in [2.75, 3.05) is 11.9 Å². The number of carbonyl (C=O) groups is 2. The molecule has 2 aromatic carbocycles. The van der Waals surface area contributed by atoms with Crippen molar-refractivity contribution < 1.29 is 14.3 Å². The molecule has 2 amide bonds. The lowest BCUT2D eigenvalue weighted by Gasteiger charge is -2.19. The van der Waals surface area contributed by atoms with Crippen molar-refractivity contribution in [1.82, 2.24) is 5.32 Å². The second-order valence-corrected chi connectivity index (χ2v) is 6.32. The molecule has 5 heteroatoms. The molecular formula is C21H26N2O3. The topological polar surface area (TPSA) is 67.4 Å². The van der Waals surface area contributed by atoms with Gasteiger partial charge in [0.1, 0.15) is 0 Å². The SMILES string of the molecule is CCOC(=O)N[C@@H](CC(=O)Nc1ccccc1C(C)C)c1ccccc1. The van der Waals surface area contributed by atoms with Gasteiger partial charge in [-0.3, -0.25) is 4.79 Å². The number of ether oxygens (including phenoxy) is 1. The summed E-state index contributed by atoms with van der Waals surface area (Å²) < 4.78 is 4.96. The Balaban J connectivity index is 2.12. The number of nitrogens with one attached hydrogen (secondary N) is 2. The van der Waals surface area contributed by atoms with E-state index in [-0.39, 0.29) is 18.9 Å². The van der Waals surface area contributed by atoms with Crippen LogP contribution >= 0.6 is 0 Å². The summed E-state index contributed by atoms with van der Waals surface area (Å²) in [5, 5.41) is 5.73. The summed E-state index contributed by atoms with van der Waals surface area (Å²) in [5.41, 5.74) is 2.73. The Kier molecular flexibility index (Phi) is 7.21. The van der Waals surface area contributed by atoms with Gasteiger partial charge in [0.25, 0.3) is 0 Å². The average molecular weight is 354 g/mol. The van der Waals surface area contributed by atoms with Crippen LogP contribution in [0.15, 0.2) is 54.6 Å². The van der Waals surface area contributed by atoms with E-state index in [9.17, 15) is 9.59 Å². The van der Waals surface area contributed by atoms with Crippen molar-refractivity contribution in [2.45, 2.75) is 39.2 Å². The number of rotatable bonds is 7. The second kappa shape index (κ2) is 9.61. The van der Waals surface area contributed by atoms with Crippen LogP contribution in [-0.4, -0.2) is 18.6 Å². The molecule has 2 rings (SSSR count). The number of para-hydroxylation sites is 1. The van der Waals surface area contributed by atoms with Crippen molar-refractivity contribution in [2.24, 2.45) is 0 Å². The van der Waals surface area contributed by atoms with Crippen LogP contribution in [0.1, 0.15) is 50.3 Å². The van der Waals surface area contributed by atoms with Crippen LogP contribution < -0.4 is 10.6 Å². The van der Waals surface area contributed by atoms with Gasteiger partial charge >= 0.3 is 6.09 Å². The Morgan fingerprint density at radius 1 is 1.00 bits per heavy atom. The number of amides is 2. The maximum atomic E-state index is 12.6. The number of hydrogen-bond donors (Lipinski definition) is 2. The molecule has 2 N–H and O–H groups in total. The highest BCUT2D eigenvalue weighted by atomic mass is 16.5. The molecule has 1 atom stereocenters. The first kappa shape index (κ1) is 19.5. The highest BCUT2D eigenvalue weighted by molar-refractivity contribution is 5.92. The third kappa shape index (κ3) is 5.62. The van der Waals surface area contributed by atoms with Gasteiger partial charge in [-0.1, -0.05) is 62.4 Å². The molecule has 2 aromatic rings. The summed E-state index contributed by atoms with van der Waals surface area (Å²) in [7, 11) is 0. The van der Waals surface area contributed by atoms with Gasteiger partial charge in [-0.15, -0.1) is 0 Å². The smallest absolute Gasteiger partial charge is 0.407 e. The lowest BCUT2D eigenvalue weighted by atomic mass is 10.0. The van der Waals surface area contributed by atoms with Gasteiger partial charge < -0.3 is 15.4 Å². The molecule has 0 fully saturated rings. The molecule has 0 aromatic heterocycles. The molecule has 0 heterocycles. The van der Waals surface area contributed by atoms with E-state index in [1.165, 1.54) is 0 Å². The van der Waals surface area contributed by atoms with E-state index < -0.39 is 12.1 Å². The quantitative estimate of drug-likeness (QED) is 0.762. The summed E-state index contributed by atoms with van der Waals surface area (Å²) in [6.07, 6.45) is -0.411. The van der Waals surface area contributed by atoms with Crippen LogP contribution in [0.2, 0.25) is 0 Å². The third-order valence-corrected chi connectivity index (χ3v) is 4.02. The second-order valence-electron chi connectivity index (χ2n) is 6.32. The van der Waals surface area contributed by atoms with Crippen molar-refractivity contribution in [3.63, 3.8) is 0 Å². The Labute approximate surface area is 154 Å². The largest absolute Gasteiger partial charge is 0.450 e. The molecule has 0 unspecified atom stereocenters. The molecule has 0 radical (unpaired) electrons. The fourth-order valence-corrected chi connectivity index (χ4v) is 2.75. The maximum absolute atomic E-state index is 12.6. The molecule has 0 bridgehead atoms. The third-order valence-electron chi connectivity index (χ3n) is 4.02. The zero-order valence-electron chi connectivity index (χ0n) is 15.5. The van der Waals surface area contributed by atoms with Gasteiger partial charge in [-0.05, 0) is 30.0 Å². The molecule has 0 saturated carbocycles. The minimum absolute atomic E-state index is 0.120. The van der Waals surface area contributed by atoms with E-state index in [0.29, 0.717) is 5.92 Å². The summed E-state index contributed by atoms with van der Waals surface area (Å²) in [5.74, 6) is 0.137. The Hall–Kier alpha value is -2.82. The van der Waals surface area contributed by atoms with Crippen molar-refractivity contribution >= 4 is 17.7 Å². The summed E-state index contributed by atoms with van der Waals surface area (Å²) in [6.45, 7) is 6.19. The first-order valence-electron chi connectivity index (χ1n) is 8.88. The number of alkyl carbamates (subject to hydrolysis) is 1. The molecule has 26 heavy (non-hydrogen) atoms. The van der Waals surface area contributed by atoms with E-state index in [2.05, 4.69) is 24.5 Å². The van der Waals surface area contributed by atoms with E-state index in [1.54, 1.807) is 6.92 Å². The molecule has 0 spiro atoms. The lowest BCUT2D eigenvalue weighted by Crippen LogP contribution is -2.32. The van der Waals surface area contributed by atoms with Gasteiger partial charge in [0, 0.05) is 5.69 Å². The minimum Gasteiger partial charge on any atom is -0.450 e. The monoisotopic (exact) mass is 354 g/mol. The standard InChI is InChI=1S/C21H26N2O3/c1-4-26-21(25)23-19(16-10-6-5-7-11-16)14-20(24)22-18-13-9-8-12-17(18)15(2)3/h5-13,15,19H,4,14H2,1-3H3,(H,22,24)(H,23,25)/t19-/m0/s1. The van der Waals surface area contributed by atoms with Crippen molar-refractivity contribution in [3.05, 3.63) is 65.7 Å². The van der Waals surface area contributed by atoms with Gasteiger partial charge in [-0.2, -0.15) is 0 Å². The normalized spacial score (nSPS) is 11.7. The fraction of sp³-hybridized carbons (Fsp3) is 0.333. The zero-order valence-corrected chi connectivity index (χ0v) is 15.5. The van der Waals surface area contributed by atoms with Crippen LogP contribution in [0.25, 0.3) is 0 Å². The predicted octanol–water partition coefficient (Wildman–Crippen LogP) is 4.63. The highest BCUT2D eigenvalue weighted by Crippen LogP contribution is 2.25. The molecule has 138 valence electrons. The molecule has 0 saturated heterocycles. The molecule has 0 aliphatic rings. The predicted molar refractivity (Wildman–Crippen MR) is 103 cm³/mol. The molecule has 0 aliphatic carbocycles. The summed E-state index contributed by atoms with van der Waals surface area (Å²) in [4.78, 5) is 24.5. The van der Waals surface area contributed by atoms with Crippen LogP contribution in [0.4, 0.5) is 10.5 Å². The summed E-state index contributed by atoms with van der Waals surface area (Å²) in [6, 6.07) is 16.7. The lowest BCUT2D eigenvalue weighted by molar-refractivity contribution is -0.116. The van der Waals surface area contributed by atoms with Gasteiger partial charge in [0.05, 0.1) is 19.1 Å². The average Bonchev–Trinajstić information content (AvgIpc) is 2.62. The first-order chi connectivity index (χ1) is 12.5. The minimum atomic E-state index is -0.531.